The van der Waals surface area contributed by atoms with Crippen LogP contribution in [0.2, 0.25) is 0 Å². The molecule has 0 aliphatic carbocycles. The number of aromatic nitrogens is 4. The van der Waals surface area contributed by atoms with Crippen LogP contribution in [0.1, 0.15) is 57.6 Å². The number of hydrogen-bond acceptors (Lipinski definition) is 4. The molecule has 1 aromatic carbocycles. The molecule has 3 rings (SSSR count). The third-order valence-corrected chi connectivity index (χ3v) is 5.84. The van der Waals surface area contributed by atoms with Gasteiger partial charge in [0.05, 0.1) is 31.7 Å². The Morgan fingerprint density at radius 3 is 2.33 bits per heavy atom. The number of piperazine rings is 1. The van der Waals surface area contributed by atoms with E-state index in [1.807, 2.05) is 4.68 Å². The van der Waals surface area contributed by atoms with Crippen LogP contribution in [0.15, 0.2) is 18.2 Å². The van der Waals surface area contributed by atoms with Crippen molar-refractivity contribution in [3.8, 4) is 0 Å². The van der Waals surface area contributed by atoms with Crippen molar-refractivity contribution in [3.05, 3.63) is 35.2 Å². The van der Waals surface area contributed by atoms with Crippen LogP contribution in [-0.4, -0.2) is 46.4 Å². The zero-order valence-electron chi connectivity index (χ0n) is 18.0. The van der Waals surface area contributed by atoms with Crippen molar-refractivity contribution in [2.45, 2.75) is 60.0 Å². The molecule has 1 aromatic heterocycles. The molecule has 6 nitrogen and oxygen atoms in total. The average molecular weight is 372 g/mol. The molecule has 1 N–H and O–H groups in total. The highest BCUT2D eigenvalue weighted by atomic mass is 15.6. The molecule has 0 bridgehead atoms. The van der Waals surface area contributed by atoms with E-state index in [4.69, 9.17) is 0 Å². The summed E-state index contributed by atoms with van der Waals surface area (Å²) in [7, 11) is 0. The lowest BCUT2D eigenvalue weighted by Gasteiger charge is -2.39. The Morgan fingerprint density at radius 1 is 1.07 bits per heavy atom. The predicted molar refractivity (Wildman–Crippen MR) is 109 cm³/mol. The lowest BCUT2D eigenvalue weighted by atomic mass is 9.99. The number of tetrazole rings is 1. The van der Waals surface area contributed by atoms with Gasteiger partial charge in [-0.25, -0.2) is 4.68 Å². The van der Waals surface area contributed by atoms with Crippen LogP contribution in [0.5, 0.6) is 0 Å². The molecule has 2 aromatic rings. The van der Waals surface area contributed by atoms with Crippen LogP contribution in [0, 0.1) is 19.8 Å². The minimum absolute atomic E-state index is 0.105. The predicted octanol–water partition coefficient (Wildman–Crippen LogP) is 2.15. The topological polar surface area (TPSA) is 51.3 Å². The molecule has 1 fully saturated rings. The Morgan fingerprint density at radius 2 is 1.74 bits per heavy atom. The minimum atomic E-state index is -0.105. The van der Waals surface area contributed by atoms with Crippen molar-refractivity contribution in [3.63, 3.8) is 0 Å². The molecule has 0 saturated carbocycles. The lowest BCUT2D eigenvalue weighted by molar-refractivity contribution is -0.937. The average Bonchev–Trinajstić information content (AvgIpc) is 3.07. The maximum Gasteiger partial charge on any atom is 0.210 e. The first-order valence-corrected chi connectivity index (χ1v) is 10.1. The number of anilines is 1. The van der Waals surface area contributed by atoms with Crippen LogP contribution in [0.4, 0.5) is 5.69 Å². The molecule has 2 heterocycles. The first kappa shape index (κ1) is 19.8. The molecule has 148 valence electrons. The Labute approximate surface area is 163 Å². The van der Waals surface area contributed by atoms with Crippen molar-refractivity contribution < 1.29 is 4.90 Å². The second-order valence-electron chi connectivity index (χ2n) is 9.21. The van der Waals surface area contributed by atoms with Gasteiger partial charge >= 0.3 is 0 Å². The zero-order chi connectivity index (χ0) is 19.8. The van der Waals surface area contributed by atoms with Crippen LogP contribution in [0.25, 0.3) is 0 Å². The smallest absolute Gasteiger partial charge is 0.210 e. The second kappa shape index (κ2) is 7.58. The molecule has 0 unspecified atom stereocenters. The number of hydrogen-bond donors (Lipinski definition) is 1. The zero-order valence-corrected chi connectivity index (χ0v) is 18.0. The van der Waals surface area contributed by atoms with Gasteiger partial charge in [-0.3, -0.25) is 0 Å². The summed E-state index contributed by atoms with van der Waals surface area (Å²) in [5, 5.41) is 12.8. The maximum absolute atomic E-state index is 4.45. The number of quaternary nitrogens is 1. The molecule has 1 aliphatic heterocycles. The van der Waals surface area contributed by atoms with E-state index in [0.717, 1.165) is 32.0 Å². The fourth-order valence-electron chi connectivity index (χ4n) is 4.24. The van der Waals surface area contributed by atoms with Crippen LogP contribution >= 0.6 is 0 Å². The summed E-state index contributed by atoms with van der Waals surface area (Å²) in [6.45, 7) is 19.8. The van der Waals surface area contributed by atoms with Gasteiger partial charge in [-0.2, -0.15) is 0 Å². The molecule has 6 heteroatoms. The van der Waals surface area contributed by atoms with Gasteiger partial charge in [0.25, 0.3) is 0 Å². The third-order valence-electron chi connectivity index (χ3n) is 5.84. The molecular formula is C21H35N6+. The number of rotatable bonds is 4. The Kier molecular flexibility index (Phi) is 5.56. The minimum Gasteiger partial charge on any atom is -0.360 e. The Bertz CT molecular complexity index is 765. The van der Waals surface area contributed by atoms with E-state index in [0.29, 0.717) is 12.0 Å². The van der Waals surface area contributed by atoms with Gasteiger partial charge in [0.15, 0.2) is 6.04 Å². The van der Waals surface area contributed by atoms with E-state index < -0.39 is 0 Å². The summed E-state index contributed by atoms with van der Waals surface area (Å²) in [6.07, 6.45) is 0. The van der Waals surface area contributed by atoms with E-state index in [9.17, 15) is 0 Å². The van der Waals surface area contributed by atoms with Crippen molar-refractivity contribution in [2.24, 2.45) is 5.92 Å². The normalized spacial score (nSPS) is 17.6. The highest BCUT2D eigenvalue weighted by Gasteiger charge is 2.37. The standard InChI is InChI=1S/C21H34N6/c1-15(2)19(20-22-23-24-27(20)21(5,6)7)26-13-11-25(12-14-26)18-10-8-9-16(3)17(18)4/h8-10,15,19H,11-14H2,1-7H3/p+1/t19-/m0/s1. The summed E-state index contributed by atoms with van der Waals surface area (Å²) in [4.78, 5) is 4.13. The quantitative estimate of drug-likeness (QED) is 0.895. The maximum atomic E-state index is 4.45. The Hall–Kier alpha value is -1.95. The molecule has 1 aliphatic rings. The van der Waals surface area contributed by atoms with E-state index in [-0.39, 0.29) is 5.54 Å². The van der Waals surface area contributed by atoms with Gasteiger partial charge in [0.1, 0.15) is 0 Å². The highest BCUT2D eigenvalue weighted by Crippen LogP contribution is 2.24. The summed E-state index contributed by atoms with van der Waals surface area (Å²) in [5.41, 5.74) is 4.05. The van der Waals surface area contributed by atoms with Gasteiger partial charge in [-0.1, -0.05) is 26.0 Å². The molecular weight excluding hydrogens is 336 g/mol. The molecule has 0 spiro atoms. The molecule has 1 atom stereocenters. The van der Waals surface area contributed by atoms with E-state index in [1.54, 1.807) is 4.90 Å². The largest absolute Gasteiger partial charge is 0.360 e. The third kappa shape index (κ3) is 4.00. The number of benzene rings is 1. The van der Waals surface area contributed by atoms with Crippen LogP contribution < -0.4 is 9.80 Å². The highest BCUT2D eigenvalue weighted by molar-refractivity contribution is 5.56. The van der Waals surface area contributed by atoms with Crippen LogP contribution in [0.3, 0.4) is 0 Å². The van der Waals surface area contributed by atoms with Gasteiger partial charge < -0.3 is 9.80 Å². The molecule has 1 saturated heterocycles. The fourth-order valence-corrected chi connectivity index (χ4v) is 4.24. The van der Waals surface area contributed by atoms with Crippen LogP contribution in [-0.2, 0) is 5.54 Å². The van der Waals surface area contributed by atoms with Gasteiger partial charge in [0, 0.05) is 11.6 Å². The molecule has 0 radical (unpaired) electrons. The van der Waals surface area contributed by atoms with Crippen molar-refractivity contribution in [1.29, 1.82) is 0 Å². The van der Waals surface area contributed by atoms with E-state index >= 15 is 0 Å². The van der Waals surface area contributed by atoms with Gasteiger partial charge in [-0.05, 0) is 62.2 Å². The first-order chi connectivity index (χ1) is 12.7. The van der Waals surface area contributed by atoms with Crippen molar-refractivity contribution in [1.82, 2.24) is 20.2 Å². The molecule has 0 amide bonds. The SMILES string of the molecule is Cc1cccc(N2CC[NH+]([C@H](c3nnnn3C(C)(C)C)C(C)C)CC2)c1C. The molecule has 27 heavy (non-hydrogen) atoms. The van der Waals surface area contributed by atoms with Crippen molar-refractivity contribution in [2.75, 3.05) is 31.1 Å². The summed E-state index contributed by atoms with van der Waals surface area (Å²) < 4.78 is 2.02. The fraction of sp³-hybridized carbons (Fsp3) is 0.667. The first-order valence-electron chi connectivity index (χ1n) is 10.1. The Balaban J connectivity index is 1.79. The van der Waals surface area contributed by atoms with Gasteiger partial charge in [0.2, 0.25) is 5.82 Å². The number of nitrogens with zero attached hydrogens (tertiary/aromatic N) is 5. The second-order valence-corrected chi connectivity index (χ2v) is 9.21. The number of aryl methyl sites for hydroxylation is 1. The summed E-state index contributed by atoms with van der Waals surface area (Å²) in [6, 6.07) is 6.94. The monoisotopic (exact) mass is 371 g/mol. The summed E-state index contributed by atoms with van der Waals surface area (Å²) >= 11 is 0. The van der Waals surface area contributed by atoms with Gasteiger partial charge in [-0.15, -0.1) is 5.10 Å². The van der Waals surface area contributed by atoms with E-state index in [1.165, 1.54) is 16.8 Å². The summed E-state index contributed by atoms with van der Waals surface area (Å²) in [5.74, 6) is 1.51. The van der Waals surface area contributed by atoms with Crippen molar-refractivity contribution >= 4 is 5.69 Å². The number of nitrogens with one attached hydrogen (secondary N) is 1. The lowest BCUT2D eigenvalue weighted by Crippen LogP contribution is -3.15. The van der Waals surface area contributed by atoms with E-state index in [2.05, 4.69) is 87.1 Å².